The zero-order valence-corrected chi connectivity index (χ0v) is 21.9. The number of nitrogens with one attached hydrogen (secondary N) is 2. The fourth-order valence-electron chi connectivity index (χ4n) is 5.05. The molecular weight excluding hydrogens is 539 g/mol. The van der Waals surface area contributed by atoms with Gasteiger partial charge in [0.2, 0.25) is 16.9 Å². The van der Waals surface area contributed by atoms with Crippen molar-refractivity contribution in [2.45, 2.75) is 31.6 Å². The van der Waals surface area contributed by atoms with E-state index < -0.39 is 54.2 Å². The van der Waals surface area contributed by atoms with Gasteiger partial charge in [-0.15, -0.1) is 0 Å². The molecule has 39 heavy (non-hydrogen) atoms. The highest BCUT2D eigenvalue weighted by molar-refractivity contribution is 7.92. The highest BCUT2D eigenvalue weighted by atomic mass is 32.2. The predicted molar refractivity (Wildman–Crippen MR) is 140 cm³/mol. The lowest BCUT2D eigenvalue weighted by atomic mass is 9.93. The number of halogens is 3. The SMILES string of the molecule is O=C(Nc1ccc(OCF)c(N2CC(F)(F)C2)n1)c1ccc(NS(=O)(=O)CCO)cc1N1CCC2(CC1)CC2. The number of rotatable bonds is 10. The van der Waals surface area contributed by atoms with E-state index >= 15 is 0 Å². The number of carbonyl (C=O) groups is 1. The first kappa shape index (κ1) is 27.3. The van der Waals surface area contributed by atoms with Crippen molar-refractivity contribution in [2.24, 2.45) is 5.41 Å². The number of sulfonamides is 1. The van der Waals surface area contributed by atoms with Crippen LogP contribution in [0.4, 0.5) is 36.2 Å². The summed E-state index contributed by atoms with van der Waals surface area (Å²) in [6.07, 6.45) is 4.31. The van der Waals surface area contributed by atoms with Crippen LogP contribution < -0.4 is 24.6 Å². The number of aliphatic hydroxyl groups is 1. The van der Waals surface area contributed by atoms with Crippen molar-refractivity contribution in [3.05, 3.63) is 35.9 Å². The first-order chi connectivity index (χ1) is 18.5. The molecule has 0 atom stereocenters. The number of ether oxygens (including phenoxy) is 1. The standard InChI is InChI=1S/C25H30F3N5O5S/c26-16-38-20-3-4-21(29-22(20)33-14-25(27,28)15-33)30-23(35)18-2-1-17(31-39(36,37)12-11-34)13-19(18)32-9-7-24(5-6-24)8-10-32/h1-4,13,31,34H,5-12,14-16H2,(H,29,30,35). The molecule has 0 bridgehead atoms. The number of hydrogen-bond acceptors (Lipinski definition) is 8. The maximum Gasteiger partial charge on any atom is 0.282 e. The van der Waals surface area contributed by atoms with Crippen LogP contribution in [0.5, 0.6) is 5.75 Å². The second-order valence-corrected chi connectivity index (χ2v) is 12.1. The minimum Gasteiger partial charge on any atom is -0.459 e. The number of carbonyl (C=O) groups excluding carboxylic acids is 1. The van der Waals surface area contributed by atoms with Crippen molar-refractivity contribution in [1.82, 2.24) is 4.98 Å². The van der Waals surface area contributed by atoms with Crippen molar-refractivity contribution in [3.63, 3.8) is 0 Å². The van der Waals surface area contributed by atoms with Gasteiger partial charge in [0, 0.05) is 13.1 Å². The molecule has 0 radical (unpaired) electrons. The van der Waals surface area contributed by atoms with Gasteiger partial charge in [0.15, 0.2) is 11.6 Å². The van der Waals surface area contributed by atoms with Gasteiger partial charge in [-0.1, -0.05) is 0 Å². The fraction of sp³-hybridized carbons (Fsp3) is 0.520. The van der Waals surface area contributed by atoms with Crippen molar-refractivity contribution >= 4 is 38.9 Å². The van der Waals surface area contributed by atoms with Crippen LogP contribution in [0.1, 0.15) is 36.0 Å². The zero-order chi connectivity index (χ0) is 27.8. The minimum atomic E-state index is -3.78. The van der Waals surface area contributed by atoms with Crippen molar-refractivity contribution < 1.29 is 36.2 Å². The Hall–Kier alpha value is -3.26. The van der Waals surface area contributed by atoms with E-state index in [1.54, 1.807) is 6.07 Å². The van der Waals surface area contributed by atoms with Crippen LogP contribution in [0.3, 0.4) is 0 Å². The molecular formula is C25H30F3N5O5S. The van der Waals surface area contributed by atoms with Crippen LogP contribution >= 0.6 is 0 Å². The number of aromatic nitrogens is 1. The minimum absolute atomic E-state index is 0.00371. The Morgan fingerprint density at radius 2 is 1.79 bits per heavy atom. The molecule has 5 rings (SSSR count). The number of aliphatic hydroxyl groups excluding tert-OH is 1. The smallest absolute Gasteiger partial charge is 0.282 e. The number of hydrogen-bond donors (Lipinski definition) is 3. The van der Waals surface area contributed by atoms with Gasteiger partial charge in [-0.05, 0) is 61.4 Å². The lowest BCUT2D eigenvalue weighted by Crippen LogP contribution is -2.56. The first-order valence-electron chi connectivity index (χ1n) is 12.7. The molecule has 212 valence electrons. The summed E-state index contributed by atoms with van der Waals surface area (Å²) in [5.41, 5.74) is 1.44. The van der Waals surface area contributed by atoms with Crippen LogP contribution in [-0.2, 0) is 10.0 Å². The number of amides is 1. The maximum atomic E-state index is 13.5. The number of alkyl halides is 3. The van der Waals surface area contributed by atoms with Gasteiger partial charge < -0.3 is 25.0 Å². The molecule has 0 unspecified atom stereocenters. The zero-order valence-electron chi connectivity index (χ0n) is 21.1. The Bertz CT molecular complexity index is 1340. The third-order valence-corrected chi connectivity index (χ3v) is 8.70. The molecule has 1 amide bonds. The highest BCUT2D eigenvalue weighted by Gasteiger charge is 2.46. The fourth-order valence-corrected chi connectivity index (χ4v) is 5.88. The van der Waals surface area contributed by atoms with E-state index in [1.807, 2.05) is 4.90 Å². The number of nitrogens with zero attached hydrogens (tertiary/aromatic N) is 3. The monoisotopic (exact) mass is 569 g/mol. The number of anilines is 4. The van der Waals surface area contributed by atoms with E-state index in [2.05, 4.69) is 15.0 Å². The Kier molecular flexibility index (Phi) is 7.27. The summed E-state index contributed by atoms with van der Waals surface area (Å²) < 4.78 is 71.5. The molecule has 1 aliphatic carbocycles. The number of piperidine rings is 1. The van der Waals surface area contributed by atoms with Gasteiger partial charge in [-0.2, -0.15) is 0 Å². The summed E-state index contributed by atoms with van der Waals surface area (Å²) >= 11 is 0. The van der Waals surface area contributed by atoms with Crippen LogP contribution in [0.15, 0.2) is 30.3 Å². The van der Waals surface area contributed by atoms with E-state index in [1.165, 1.54) is 42.0 Å². The van der Waals surface area contributed by atoms with Gasteiger partial charge in [-0.25, -0.2) is 26.6 Å². The van der Waals surface area contributed by atoms with Gasteiger partial charge in [0.05, 0.1) is 42.4 Å². The summed E-state index contributed by atoms with van der Waals surface area (Å²) in [5, 5.41) is 11.7. The van der Waals surface area contributed by atoms with Gasteiger partial charge in [-0.3, -0.25) is 9.52 Å². The molecule has 10 nitrogen and oxygen atoms in total. The first-order valence-corrected chi connectivity index (χ1v) is 14.3. The lowest BCUT2D eigenvalue weighted by molar-refractivity contribution is -0.0270. The summed E-state index contributed by atoms with van der Waals surface area (Å²) in [5.74, 6) is -3.85. The normalized spacial score (nSPS) is 19.4. The molecule has 3 N–H and O–H groups in total. The number of pyridine rings is 1. The van der Waals surface area contributed by atoms with Crippen LogP contribution in [0, 0.1) is 5.41 Å². The quantitative estimate of drug-likeness (QED) is 0.399. The van der Waals surface area contributed by atoms with Gasteiger partial charge in [0.1, 0.15) is 5.82 Å². The molecule has 1 aromatic carbocycles. The van der Waals surface area contributed by atoms with E-state index in [0.29, 0.717) is 24.2 Å². The molecule has 14 heteroatoms. The third kappa shape index (κ3) is 6.16. The molecule has 2 aromatic rings. The second-order valence-electron chi connectivity index (χ2n) is 10.3. The topological polar surface area (TPSA) is 124 Å². The van der Waals surface area contributed by atoms with E-state index in [9.17, 15) is 26.4 Å². The molecule has 1 aromatic heterocycles. The molecule has 1 spiro atoms. The molecule has 2 aliphatic heterocycles. The summed E-state index contributed by atoms with van der Waals surface area (Å²) in [4.78, 5) is 20.9. The Morgan fingerprint density at radius 3 is 2.41 bits per heavy atom. The largest absolute Gasteiger partial charge is 0.459 e. The van der Waals surface area contributed by atoms with Gasteiger partial charge in [0.25, 0.3) is 11.8 Å². The third-order valence-electron chi connectivity index (χ3n) is 7.43. The van der Waals surface area contributed by atoms with Crippen LogP contribution in [-0.4, -0.2) is 75.7 Å². The second kappa shape index (κ2) is 10.4. The Morgan fingerprint density at radius 1 is 1.08 bits per heavy atom. The van der Waals surface area contributed by atoms with E-state index in [4.69, 9.17) is 9.84 Å². The molecule has 2 saturated heterocycles. The van der Waals surface area contributed by atoms with Crippen molar-refractivity contribution in [3.8, 4) is 5.75 Å². The number of benzene rings is 1. The molecule has 3 heterocycles. The molecule has 3 aliphatic rings. The average molecular weight is 570 g/mol. The lowest BCUT2D eigenvalue weighted by Gasteiger charge is -2.40. The van der Waals surface area contributed by atoms with Crippen LogP contribution in [0.25, 0.3) is 0 Å². The molecule has 1 saturated carbocycles. The van der Waals surface area contributed by atoms with Crippen molar-refractivity contribution in [2.75, 3.05) is 65.2 Å². The highest BCUT2D eigenvalue weighted by Crippen LogP contribution is 2.54. The summed E-state index contributed by atoms with van der Waals surface area (Å²) in [6.45, 7) is -1.50. The predicted octanol–water partition coefficient (Wildman–Crippen LogP) is 3.21. The Balaban J connectivity index is 1.40. The van der Waals surface area contributed by atoms with Crippen LogP contribution in [0.2, 0.25) is 0 Å². The maximum absolute atomic E-state index is 13.5. The molecule has 3 fully saturated rings. The van der Waals surface area contributed by atoms with Gasteiger partial charge >= 0.3 is 0 Å². The van der Waals surface area contributed by atoms with E-state index in [-0.39, 0.29) is 28.6 Å². The van der Waals surface area contributed by atoms with E-state index in [0.717, 1.165) is 12.8 Å². The summed E-state index contributed by atoms with van der Waals surface area (Å²) in [7, 11) is -3.78. The van der Waals surface area contributed by atoms with Crippen molar-refractivity contribution in [1.29, 1.82) is 0 Å². The summed E-state index contributed by atoms with van der Waals surface area (Å²) in [6, 6.07) is 7.29. The average Bonchev–Trinajstić information content (AvgIpc) is 3.62. The Labute approximate surface area is 224 Å².